The fourth-order valence-electron chi connectivity index (χ4n) is 3.89. The van der Waals surface area contributed by atoms with Crippen LogP contribution in [0, 0.1) is 5.92 Å². The first kappa shape index (κ1) is 22.5. The third-order valence-electron chi connectivity index (χ3n) is 5.88. The predicted octanol–water partition coefficient (Wildman–Crippen LogP) is 4.06. The lowest BCUT2D eigenvalue weighted by Gasteiger charge is -2.33. The number of esters is 1. The van der Waals surface area contributed by atoms with Crippen molar-refractivity contribution in [3.05, 3.63) is 65.7 Å². The van der Waals surface area contributed by atoms with Gasteiger partial charge in [-0.3, -0.25) is 9.59 Å². The minimum Gasteiger partial charge on any atom is -0.452 e. The van der Waals surface area contributed by atoms with E-state index in [4.69, 9.17) is 4.74 Å². The molecule has 1 aliphatic rings. The summed E-state index contributed by atoms with van der Waals surface area (Å²) in [5, 5.41) is 2.77. The Kier molecular flexibility index (Phi) is 7.82. The SMILES string of the molecule is CC1CCC(N(C)C(=O)COC(=O)c2ccccc2NC(=O)Cc2ccccc2)CC1. The van der Waals surface area contributed by atoms with Crippen LogP contribution in [0.3, 0.4) is 0 Å². The summed E-state index contributed by atoms with van der Waals surface area (Å²) in [6, 6.07) is 16.2. The molecule has 3 rings (SSSR count). The van der Waals surface area contributed by atoms with Crippen LogP contribution in [0.4, 0.5) is 5.69 Å². The van der Waals surface area contributed by atoms with Crippen molar-refractivity contribution >= 4 is 23.5 Å². The number of rotatable bonds is 7. The zero-order valence-electron chi connectivity index (χ0n) is 18.2. The first-order chi connectivity index (χ1) is 14.9. The van der Waals surface area contributed by atoms with E-state index in [2.05, 4.69) is 12.2 Å². The lowest BCUT2D eigenvalue weighted by atomic mass is 9.87. The Bertz CT molecular complexity index is 905. The summed E-state index contributed by atoms with van der Waals surface area (Å²) < 4.78 is 5.28. The standard InChI is InChI=1S/C25H30N2O4/c1-18-12-14-20(15-13-18)27(2)24(29)17-31-25(30)21-10-6-7-11-22(21)26-23(28)16-19-8-4-3-5-9-19/h3-11,18,20H,12-17H2,1-2H3,(H,26,28). The minimum absolute atomic E-state index is 0.201. The molecule has 164 valence electrons. The van der Waals surface area contributed by atoms with Gasteiger partial charge in [-0.05, 0) is 49.3 Å². The fourth-order valence-corrected chi connectivity index (χ4v) is 3.89. The molecule has 1 aliphatic carbocycles. The van der Waals surface area contributed by atoms with Crippen molar-refractivity contribution in [2.75, 3.05) is 19.0 Å². The molecule has 0 heterocycles. The van der Waals surface area contributed by atoms with Gasteiger partial charge in [-0.15, -0.1) is 0 Å². The third-order valence-corrected chi connectivity index (χ3v) is 5.88. The van der Waals surface area contributed by atoms with Crippen LogP contribution < -0.4 is 5.32 Å². The molecule has 1 saturated carbocycles. The molecule has 0 unspecified atom stereocenters. The minimum atomic E-state index is -0.630. The van der Waals surface area contributed by atoms with Crippen molar-refractivity contribution in [2.45, 2.75) is 45.1 Å². The summed E-state index contributed by atoms with van der Waals surface area (Å²) in [5.41, 5.74) is 1.48. The third kappa shape index (κ3) is 6.41. The van der Waals surface area contributed by atoms with Crippen molar-refractivity contribution in [2.24, 2.45) is 5.92 Å². The summed E-state index contributed by atoms with van der Waals surface area (Å²) in [7, 11) is 1.77. The van der Waals surface area contributed by atoms with Crippen LogP contribution >= 0.6 is 0 Å². The number of nitrogens with one attached hydrogen (secondary N) is 1. The summed E-state index contributed by atoms with van der Waals surface area (Å²) in [5.74, 6) is -0.368. The van der Waals surface area contributed by atoms with Gasteiger partial charge in [0.15, 0.2) is 6.61 Å². The molecular formula is C25H30N2O4. The van der Waals surface area contributed by atoms with Crippen molar-refractivity contribution in [3.8, 4) is 0 Å². The Morgan fingerprint density at radius 1 is 0.968 bits per heavy atom. The Morgan fingerprint density at radius 3 is 2.32 bits per heavy atom. The smallest absolute Gasteiger partial charge is 0.340 e. The topological polar surface area (TPSA) is 75.7 Å². The number of carbonyl (C=O) groups is 3. The molecule has 2 aromatic rings. The molecule has 0 radical (unpaired) electrons. The molecule has 6 nitrogen and oxygen atoms in total. The van der Waals surface area contributed by atoms with E-state index in [1.807, 2.05) is 30.3 Å². The first-order valence-electron chi connectivity index (χ1n) is 10.8. The van der Waals surface area contributed by atoms with Crippen LogP contribution in [0.15, 0.2) is 54.6 Å². The lowest BCUT2D eigenvalue weighted by Crippen LogP contribution is -2.41. The highest BCUT2D eigenvalue weighted by Crippen LogP contribution is 2.26. The maximum absolute atomic E-state index is 12.6. The summed E-state index contributed by atoms with van der Waals surface area (Å²) in [6.07, 6.45) is 4.38. The van der Waals surface area contributed by atoms with E-state index in [1.165, 1.54) is 0 Å². The van der Waals surface area contributed by atoms with E-state index in [9.17, 15) is 14.4 Å². The molecule has 31 heavy (non-hydrogen) atoms. The largest absolute Gasteiger partial charge is 0.452 e. The van der Waals surface area contributed by atoms with Gasteiger partial charge in [0.1, 0.15) is 0 Å². The number of likely N-dealkylation sites (N-methyl/N-ethyl adjacent to an activating group) is 1. The second-order valence-electron chi connectivity index (χ2n) is 8.25. The number of benzene rings is 2. The van der Waals surface area contributed by atoms with Crippen molar-refractivity contribution in [1.29, 1.82) is 0 Å². The van der Waals surface area contributed by atoms with Gasteiger partial charge in [0.25, 0.3) is 5.91 Å². The predicted molar refractivity (Wildman–Crippen MR) is 120 cm³/mol. The monoisotopic (exact) mass is 422 g/mol. The van der Waals surface area contributed by atoms with Gasteiger partial charge in [0.2, 0.25) is 5.91 Å². The van der Waals surface area contributed by atoms with Crippen LogP contribution in [0.2, 0.25) is 0 Å². The molecule has 0 atom stereocenters. The Labute approximate surface area is 183 Å². The maximum atomic E-state index is 12.6. The number of carbonyl (C=O) groups excluding carboxylic acids is 3. The van der Waals surface area contributed by atoms with Gasteiger partial charge in [0.05, 0.1) is 17.7 Å². The molecule has 1 fully saturated rings. The second-order valence-corrected chi connectivity index (χ2v) is 8.25. The Balaban J connectivity index is 1.55. The van der Waals surface area contributed by atoms with Gasteiger partial charge in [-0.1, -0.05) is 49.4 Å². The maximum Gasteiger partial charge on any atom is 0.340 e. The number of hydrogen-bond acceptors (Lipinski definition) is 4. The molecule has 6 heteroatoms. The Morgan fingerprint density at radius 2 is 1.61 bits per heavy atom. The molecular weight excluding hydrogens is 392 g/mol. The molecule has 2 amide bonds. The average Bonchev–Trinajstić information content (AvgIpc) is 2.78. The highest BCUT2D eigenvalue weighted by Gasteiger charge is 2.25. The fraction of sp³-hybridized carbons (Fsp3) is 0.400. The van der Waals surface area contributed by atoms with Crippen LogP contribution in [-0.4, -0.2) is 42.4 Å². The number of ether oxygens (including phenoxy) is 1. The second kappa shape index (κ2) is 10.8. The van der Waals surface area contributed by atoms with E-state index in [1.54, 1.807) is 36.2 Å². The van der Waals surface area contributed by atoms with Gasteiger partial charge in [-0.25, -0.2) is 4.79 Å². The van der Waals surface area contributed by atoms with Crippen LogP contribution in [0.5, 0.6) is 0 Å². The molecule has 0 aliphatic heterocycles. The van der Waals surface area contributed by atoms with Gasteiger partial charge >= 0.3 is 5.97 Å². The summed E-state index contributed by atoms with van der Waals surface area (Å²) in [4.78, 5) is 39.2. The van der Waals surface area contributed by atoms with Crippen LogP contribution in [0.1, 0.15) is 48.5 Å². The van der Waals surface area contributed by atoms with Crippen LogP contribution in [-0.2, 0) is 20.7 Å². The van der Waals surface area contributed by atoms with Gasteiger partial charge < -0.3 is 15.0 Å². The number of nitrogens with zero attached hydrogens (tertiary/aromatic N) is 1. The highest BCUT2D eigenvalue weighted by atomic mass is 16.5. The van der Waals surface area contributed by atoms with Crippen molar-refractivity contribution in [1.82, 2.24) is 4.90 Å². The highest BCUT2D eigenvalue weighted by molar-refractivity contribution is 6.02. The average molecular weight is 423 g/mol. The van der Waals surface area contributed by atoms with E-state index in [-0.39, 0.29) is 36.4 Å². The van der Waals surface area contributed by atoms with E-state index in [0.29, 0.717) is 11.6 Å². The lowest BCUT2D eigenvalue weighted by molar-refractivity contribution is -0.136. The number of anilines is 1. The van der Waals surface area contributed by atoms with E-state index in [0.717, 1.165) is 31.2 Å². The van der Waals surface area contributed by atoms with Gasteiger partial charge in [-0.2, -0.15) is 0 Å². The molecule has 1 N–H and O–H groups in total. The normalized spacial score (nSPS) is 18.1. The van der Waals surface area contributed by atoms with Crippen molar-refractivity contribution < 1.29 is 19.1 Å². The van der Waals surface area contributed by atoms with E-state index >= 15 is 0 Å². The molecule has 2 aromatic carbocycles. The number of amides is 2. The zero-order valence-corrected chi connectivity index (χ0v) is 18.2. The first-order valence-corrected chi connectivity index (χ1v) is 10.8. The summed E-state index contributed by atoms with van der Waals surface area (Å²) in [6.45, 7) is 1.92. The molecule has 0 spiro atoms. The number of hydrogen-bond donors (Lipinski definition) is 1. The van der Waals surface area contributed by atoms with Crippen molar-refractivity contribution in [3.63, 3.8) is 0 Å². The molecule has 0 saturated heterocycles. The van der Waals surface area contributed by atoms with E-state index < -0.39 is 5.97 Å². The summed E-state index contributed by atoms with van der Waals surface area (Å²) >= 11 is 0. The number of para-hydroxylation sites is 1. The molecule has 0 aromatic heterocycles. The van der Waals surface area contributed by atoms with Gasteiger partial charge in [0, 0.05) is 13.1 Å². The Hall–Kier alpha value is -3.15. The van der Waals surface area contributed by atoms with Crippen LogP contribution in [0.25, 0.3) is 0 Å². The molecule has 0 bridgehead atoms. The zero-order chi connectivity index (χ0) is 22.2. The quantitative estimate of drug-likeness (QED) is 0.683.